The summed E-state index contributed by atoms with van der Waals surface area (Å²) >= 11 is 1.71. The van der Waals surface area contributed by atoms with E-state index in [9.17, 15) is 0 Å². The van der Waals surface area contributed by atoms with E-state index in [1.807, 2.05) is 22.9 Å². The van der Waals surface area contributed by atoms with Crippen molar-refractivity contribution in [1.82, 2.24) is 0 Å². The van der Waals surface area contributed by atoms with E-state index in [1.54, 1.807) is 25.6 Å². The SMILES string of the molecule is CO[SiH2]OC.c1ccsc1. The summed E-state index contributed by atoms with van der Waals surface area (Å²) in [6, 6.07) is 4.04. The van der Waals surface area contributed by atoms with Gasteiger partial charge in [0.25, 0.3) is 0 Å². The van der Waals surface area contributed by atoms with Gasteiger partial charge in [0.1, 0.15) is 0 Å². The Bertz CT molecular complexity index is 102. The van der Waals surface area contributed by atoms with Crippen molar-refractivity contribution in [1.29, 1.82) is 0 Å². The van der Waals surface area contributed by atoms with E-state index < -0.39 is 10.0 Å². The zero-order valence-electron chi connectivity index (χ0n) is 6.24. The first-order valence-electron chi connectivity index (χ1n) is 2.87. The van der Waals surface area contributed by atoms with E-state index in [0.717, 1.165) is 0 Å². The van der Waals surface area contributed by atoms with Crippen molar-refractivity contribution in [3.05, 3.63) is 22.9 Å². The van der Waals surface area contributed by atoms with E-state index in [2.05, 4.69) is 8.85 Å². The van der Waals surface area contributed by atoms with Crippen LogP contribution in [0, 0.1) is 0 Å². The molecule has 1 aromatic rings. The summed E-state index contributed by atoms with van der Waals surface area (Å²) in [6.45, 7) is 0. The zero-order valence-corrected chi connectivity index (χ0v) is 8.47. The lowest BCUT2D eigenvalue weighted by Crippen LogP contribution is -1.93. The summed E-state index contributed by atoms with van der Waals surface area (Å²) in [4.78, 5) is 0. The highest BCUT2D eigenvalue weighted by Gasteiger charge is 1.67. The average Bonchev–Trinajstić information content (AvgIpc) is 2.44. The largest absolute Gasteiger partial charge is 0.402 e. The highest BCUT2D eigenvalue weighted by atomic mass is 32.1. The zero-order chi connectivity index (χ0) is 7.66. The molecule has 0 aliphatic heterocycles. The van der Waals surface area contributed by atoms with E-state index in [1.165, 1.54) is 0 Å². The van der Waals surface area contributed by atoms with E-state index in [-0.39, 0.29) is 0 Å². The Labute approximate surface area is 67.9 Å². The molecule has 0 aliphatic carbocycles. The maximum absolute atomic E-state index is 4.61. The van der Waals surface area contributed by atoms with Gasteiger partial charge in [0, 0.05) is 14.2 Å². The third-order valence-corrected chi connectivity index (χ3v) is 1.76. The maximum Gasteiger partial charge on any atom is 0.303 e. The predicted molar refractivity (Wildman–Crippen MR) is 46.9 cm³/mol. The van der Waals surface area contributed by atoms with Gasteiger partial charge >= 0.3 is 10.0 Å². The molecule has 4 heteroatoms. The first-order valence-corrected chi connectivity index (χ1v) is 4.96. The normalized spacial score (nSPS) is 8.20. The van der Waals surface area contributed by atoms with Crippen molar-refractivity contribution in [2.24, 2.45) is 0 Å². The third kappa shape index (κ3) is 7.84. The smallest absolute Gasteiger partial charge is 0.303 e. The molecule has 58 valence electrons. The molecule has 2 nitrogen and oxygen atoms in total. The van der Waals surface area contributed by atoms with Gasteiger partial charge in [-0.3, -0.25) is 0 Å². The second-order valence-corrected chi connectivity index (χ2v) is 3.70. The van der Waals surface area contributed by atoms with Gasteiger partial charge in [-0.25, -0.2) is 0 Å². The Morgan fingerprint density at radius 2 is 1.60 bits per heavy atom. The van der Waals surface area contributed by atoms with Gasteiger partial charge in [0.2, 0.25) is 0 Å². The van der Waals surface area contributed by atoms with Crippen LogP contribution < -0.4 is 0 Å². The monoisotopic (exact) mass is 176 g/mol. The molecule has 0 aliphatic rings. The van der Waals surface area contributed by atoms with E-state index in [4.69, 9.17) is 0 Å². The van der Waals surface area contributed by atoms with Crippen molar-refractivity contribution in [3.8, 4) is 0 Å². The van der Waals surface area contributed by atoms with Gasteiger partial charge < -0.3 is 8.85 Å². The Hall–Kier alpha value is -0.163. The molecule has 0 aromatic carbocycles. The highest BCUT2D eigenvalue weighted by molar-refractivity contribution is 7.07. The van der Waals surface area contributed by atoms with Crippen LogP contribution in [-0.4, -0.2) is 24.2 Å². The lowest BCUT2D eigenvalue weighted by atomic mass is 10.7. The van der Waals surface area contributed by atoms with Crippen LogP contribution in [0.5, 0.6) is 0 Å². The summed E-state index contributed by atoms with van der Waals surface area (Å²) in [5.41, 5.74) is 0. The highest BCUT2D eigenvalue weighted by Crippen LogP contribution is 1.91. The predicted octanol–water partition coefficient (Wildman–Crippen LogP) is 1.03. The molecule has 0 spiro atoms. The van der Waals surface area contributed by atoms with Crippen LogP contribution in [0.4, 0.5) is 0 Å². The summed E-state index contributed by atoms with van der Waals surface area (Å²) in [5.74, 6) is 0. The fourth-order valence-electron chi connectivity index (χ4n) is 0.345. The Balaban J connectivity index is 0.000000162. The van der Waals surface area contributed by atoms with Crippen LogP contribution >= 0.6 is 11.3 Å². The van der Waals surface area contributed by atoms with Gasteiger partial charge in [-0.05, 0) is 10.8 Å². The van der Waals surface area contributed by atoms with Crippen molar-refractivity contribution in [2.75, 3.05) is 14.2 Å². The fourth-order valence-corrected chi connectivity index (χ4v) is 1.03. The molecule has 1 rings (SSSR count). The third-order valence-electron chi connectivity index (χ3n) is 0.661. The Morgan fingerprint density at radius 3 is 1.70 bits per heavy atom. The standard InChI is InChI=1S/C4H4S.C2H8O2Si/c1-2-4-5-3-1;1-3-5-4-2/h1-4H;5H2,1-2H3. The van der Waals surface area contributed by atoms with Gasteiger partial charge in [-0.2, -0.15) is 11.3 Å². The minimum atomic E-state index is -0.568. The second-order valence-electron chi connectivity index (χ2n) is 1.49. The van der Waals surface area contributed by atoms with Crippen LogP contribution in [-0.2, 0) is 8.85 Å². The molecule has 1 aromatic heterocycles. The van der Waals surface area contributed by atoms with Crippen molar-refractivity contribution in [3.63, 3.8) is 0 Å². The van der Waals surface area contributed by atoms with Crippen LogP contribution in [0.15, 0.2) is 22.9 Å². The van der Waals surface area contributed by atoms with Crippen molar-refractivity contribution < 1.29 is 8.85 Å². The van der Waals surface area contributed by atoms with Crippen LogP contribution in [0.3, 0.4) is 0 Å². The topological polar surface area (TPSA) is 18.5 Å². The molecule has 0 atom stereocenters. The molecule has 0 radical (unpaired) electrons. The molecular formula is C6H12O2SSi. The second kappa shape index (κ2) is 8.84. The minimum Gasteiger partial charge on any atom is -0.402 e. The van der Waals surface area contributed by atoms with Crippen LogP contribution in [0.25, 0.3) is 0 Å². The lowest BCUT2D eigenvalue weighted by Gasteiger charge is -1.86. The molecule has 0 unspecified atom stereocenters. The Morgan fingerprint density at radius 1 is 1.10 bits per heavy atom. The summed E-state index contributed by atoms with van der Waals surface area (Å²) in [6.07, 6.45) is 0. The van der Waals surface area contributed by atoms with Crippen molar-refractivity contribution >= 4 is 21.3 Å². The van der Waals surface area contributed by atoms with E-state index in [0.29, 0.717) is 0 Å². The fraction of sp³-hybridized carbons (Fsp3) is 0.333. The number of hydrogen-bond donors (Lipinski definition) is 0. The van der Waals surface area contributed by atoms with Gasteiger partial charge in [-0.15, -0.1) is 0 Å². The summed E-state index contributed by atoms with van der Waals surface area (Å²) < 4.78 is 9.22. The number of hydrogen-bond acceptors (Lipinski definition) is 3. The average molecular weight is 176 g/mol. The van der Waals surface area contributed by atoms with Gasteiger partial charge in [0.15, 0.2) is 0 Å². The number of rotatable bonds is 2. The lowest BCUT2D eigenvalue weighted by molar-refractivity contribution is 0.309. The molecular weight excluding hydrogens is 164 g/mol. The molecule has 1 heterocycles. The molecule has 0 N–H and O–H groups in total. The van der Waals surface area contributed by atoms with Crippen molar-refractivity contribution in [2.45, 2.75) is 0 Å². The molecule has 0 bridgehead atoms. The van der Waals surface area contributed by atoms with E-state index >= 15 is 0 Å². The molecule has 0 saturated heterocycles. The maximum atomic E-state index is 4.61. The van der Waals surface area contributed by atoms with Crippen LogP contribution in [0.2, 0.25) is 0 Å². The first-order chi connectivity index (χ1) is 4.91. The molecule has 0 amide bonds. The van der Waals surface area contributed by atoms with Crippen LogP contribution in [0.1, 0.15) is 0 Å². The minimum absolute atomic E-state index is 0.568. The Kier molecular flexibility index (Phi) is 8.69. The summed E-state index contributed by atoms with van der Waals surface area (Å²) in [5, 5.41) is 4.08. The molecule has 0 fully saturated rings. The van der Waals surface area contributed by atoms with Gasteiger partial charge in [-0.1, -0.05) is 12.1 Å². The molecule has 0 saturated carbocycles. The first kappa shape index (κ1) is 9.84. The number of thiophene rings is 1. The van der Waals surface area contributed by atoms with Gasteiger partial charge in [0.05, 0.1) is 0 Å². The summed E-state index contributed by atoms with van der Waals surface area (Å²) in [7, 11) is 2.73. The quantitative estimate of drug-likeness (QED) is 0.627. The molecule has 10 heavy (non-hydrogen) atoms.